The lowest BCUT2D eigenvalue weighted by atomic mass is 10.1. The topological polar surface area (TPSA) is 317 Å². The molecular weight excluding hydrogens is 658 g/mol. The molecule has 0 aromatic carbocycles. The minimum atomic E-state index is -5.16. The van der Waals surface area contributed by atoms with Gasteiger partial charge in [-0.25, -0.2) is 29.1 Å². The van der Waals surface area contributed by atoms with E-state index in [1.165, 1.54) is 21.8 Å². The van der Waals surface area contributed by atoms with E-state index in [-0.39, 0.29) is 40.8 Å². The van der Waals surface area contributed by atoms with E-state index in [0.29, 0.717) is 11.3 Å². The molecule has 244 valence electrons. The number of aliphatic hydroxyl groups is 3. The highest BCUT2D eigenvalue weighted by atomic mass is 31.2. The number of aromatic nitrogens is 8. The minimum Gasteiger partial charge on any atom is -0.505 e. The molecular formula is C22H25N10O12P2+. The van der Waals surface area contributed by atoms with Gasteiger partial charge < -0.3 is 35.6 Å². The van der Waals surface area contributed by atoms with Crippen LogP contribution in [0.5, 0.6) is 0 Å². The molecule has 24 heteroatoms. The van der Waals surface area contributed by atoms with Gasteiger partial charge in [-0.05, 0) is 6.42 Å². The largest absolute Gasteiger partial charge is 0.695 e. The highest BCUT2D eigenvalue weighted by Crippen LogP contribution is 2.51. The lowest BCUT2D eigenvalue weighted by Gasteiger charge is -2.21. The zero-order chi connectivity index (χ0) is 32.9. The number of fused-ring (bicyclic) bond motifs is 2. The fourth-order valence-corrected chi connectivity index (χ4v) is 6.30. The molecule has 6 unspecified atom stereocenters. The van der Waals surface area contributed by atoms with Gasteiger partial charge >= 0.3 is 16.1 Å². The standard InChI is InChI=1S/C22H24N10O12P2/c1-24-17-11-18(26-5-25-17)32(7-27-11)21-14(35)16(43-45(37)38)10(42-21)4-41-46(39,40)44-15-9(2-8(3-33)13(15)34)31-6-28-12-19(31)29-22(23)30-20(12)36/h5-8,10,13,16,33-34H,2-4H2,1H3,(H6-,23,24,25,26,29,30,35,36,37,38,39,40)/p+1. The molecule has 5 heterocycles. The van der Waals surface area contributed by atoms with E-state index in [1.54, 1.807) is 7.05 Å². The molecule has 9 N–H and O–H groups in total. The van der Waals surface area contributed by atoms with Crippen LogP contribution in [0.1, 0.15) is 6.42 Å². The van der Waals surface area contributed by atoms with Gasteiger partial charge in [0.2, 0.25) is 17.9 Å². The van der Waals surface area contributed by atoms with Gasteiger partial charge in [0.25, 0.3) is 5.56 Å². The van der Waals surface area contributed by atoms with Crippen molar-refractivity contribution in [1.29, 1.82) is 0 Å². The Morgan fingerprint density at radius 3 is 2.67 bits per heavy atom. The number of nitrogen functional groups attached to an aromatic ring is 1. The number of imidazole rings is 2. The van der Waals surface area contributed by atoms with Crippen molar-refractivity contribution in [2.24, 2.45) is 5.92 Å². The van der Waals surface area contributed by atoms with Crippen LogP contribution in [0, 0.1) is 5.92 Å². The number of phosphoric ester groups is 1. The number of anilines is 2. The molecule has 0 spiro atoms. The van der Waals surface area contributed by atoms with Crippen LogP contribution in [0.25, 0.3) is 33.9 Å². The number of nitrogens with zero attached hydrogens (tertiary/aromatic N) is 7. The minimum absolute atomic E-state index is 0.0246. The number of nitrogens with one attached hydrogen (secondary N) is 2. The van der Waals surface area contributed by atoms with Gasteiger partial charge in [0, 0.05) is 24.1 Å². The van der Waals surface area contributed by atoms with E-state index in [1.807, 2.05) is 0 Å². The summed E-state index contributed by atoms with van der Waals surface area (Å²) >= 11 is 0. The maximum Gasteiger partial charge on any atom is 0.695 e. The summed E-state index contributed by atoms with van der Waals surface area (Å²) in [6.45, 7) is -1.41. The van der Waals surface area contributed by atoms with Crippen LogP contribution in [0.15, 0.2) is 35.3 Å². The van der Waals surface area contributed by atoms with Crippen molar-refractivity contribution in [3.8, 4) is 0 Å². The van der Waals surface area contributed by atoms with Crippen LogP contribution < -0.4 is 16.6 Å². The van der Waals surface area contributed by atoms with Gasteiger partial charge in [-0.3, -0.25) is 23.8 Å². The van der Waals surface area contributed by atoms with Crippen LogP contribution in [0.2, 0.25) is 0 Å². The number of phosphoric acid groups is 1. The number of H-pyrrole nitrogens is 1. The van der Waals surface area contributed by atoms with Crippen molar-refractivity contribution in [3.63, 3.8) is 0 Å². The van der Waals surface area contributed by atoms with Gasteiger partial charge in [0.1, 0.15) is 25.1 Å². The third-order valence-electron chi connectivity index (χ3n) is 7.10. The Labute approximate surface area is 256 Å². The molecule has 0 bridgehead atoms. The summed E-state index contributed by atoms with van der Waals surface area (Å²) in [4.78, 5) is 55.0. The molecule has 1 aliphatic heterocycles. The first kappa shape index (κ1) is 31.5. The van der Waals surface area contributed by atoms with Crippen LogP contribution in [0.4, 0.5) is 11.8 Å². The maximum absolute atomic E-state index is 13.2. The first-order chi connectivity index (χ1) is 21.9. The third kappa shape index (κ3) is 5.56. The van der Waals surface area contributed by atoms with Gasteiger partial charge in [-0.2, -0.15) is 4.98 Å². The lowest BCUT2D eigenvalue weighted by molar-refractivity contribution is 0.0182. The lowest BCUT2D eigenvalue weighted by Crippen LogP contribution is -2.30. The van der Waals surface area contributed by atoms with E-state index in [2.05, 4.69) is 35.2 Å². The van der Waals surface area contributed by atoms with Crippen molar-refractivity contribution in [2.45, 2.75) is 24.7 Å². The summed E-state index contributed by atoms with van der Waals surface area (Å²) in [5.41, 5.74) is 5.31. The Kier molecular flexibility index (Phi) is 8.21. The number of nitrogens with two attached hydrogens (primary N) is 1. The number of ether oxygens (including phenoxy) is 1. The molecule has 0 radical (unpaired) electrons. The quantitative estimate of drug-likeness (QED) is 0.0913. The highest BCUT2D eigenvalue weighted by molar-refractivity contribution is 7.47. The van der Waals surface area contributed by atoms with Crippen LogP contribution in [0.3, 0.4) is 0 Å². The predicted octanol–water partition coefficient (Wildman–Crippen LogP) is -0.623. The van der Waals surface area contributed by atoms with Gasteiger partial charge in [-0.15, -0.1) is 9.42 Å². The van der Waals surface area contributed by atoms with E-state index >= 15 is 0 Å². The second-order valence-corrected chi connectivity index (χ2v) is 11.9. The molecule has 0 saturated carbocycles. The predicted molar refractivity (Wildman–Crippen MR) is 154 cm³/mol. The Morgan fingerprint density at radius 2 is 1.96 bits per heavy atom. The molecule has 0 saturated heterocycles. The highest BCUT2D eigenvalue weighted by Gasteiger charge is 2.47. The van der Waals surface area contributed by atoms with E-state index in [4.69, 9.17) is 24.0 Å². The second kappa shape index (κ2) is 12.0. The Bertz CT molecular complexity index is 2030. The normalized spacial score (nSPS) is 23.3. The summed E-state index contributed by atoms with van der Waals surface area (Å²) in [5.74, 6) is -2.28. The second-order valence-electron chi connectivity index (χ2n) is 9.87. The van der Waals surface area contributed by atoms with Gasteiger partial charge in [0.15, 0.2) is 45.8 Å². The van der Waals surface area contributed by atoms with Crippen LogP contribution >= 0.6 is 16.1 Å². The summed E-state index contributed by atoms with van der Waals surface area (Å²) in [6, 6.07) is 0. The third-order valence-corrected chi connectivity index (χ3v) is 8.41. The van der Waals surface area contributed by atoms with Crippen LogP contribution in [-0.4, -0.2) is 103 Å². The fourth-order valence-electron chi connectivity index (χ4n) is 5.02. The van der Waals surface area contributed by atoms with E-state index in [0.717, 1.165) is 6.33 Å². The molecule has 2 aliphatic rings. The molecule has 46 heavy (non-hydrogen) atoms. The fraction of sp³-hybridized carbons (Fsp3) is 0.364. The Morgan fingerprint density at radius 1 is 1.22 bits per heavy atom. The first-order valence-corrected chi connectivity index (χ1v) is 15.8. The number of aromatic amines is 1. The average molecular weight is 683 g/mol. The SMILES string of the molecule is CNc1ncnc2c1ncn2C1=C(O)C(O[P+](=O)O)C(COP(=O)(O)OC2=C(n3cnc4c(=O)[nH]c(N)nc43)CC(CO)C2O)O1. The zero-order valence-corrected chi connectivity index (χ0v) is 25.1. The van der Waals surface area contributed by atoms with E-state index < -0.39 is 70.6 Å². The monoisotopic (exact) mass is 683 g/mol. The van der Waals surface area contributed by atoms with Crippen LogP contribution in [-0.2, 0) is 27.4 Å². The van der Waals surface area contributed by atoms with Crippen molar-refractivity contribution >= 4 is 61.8 Å². The molecule has 1 aliphatic carbocycles. The zero-order valence-electron chi connectivity index (χ0n) is 23.4. The average Bonchev–Trinajstić information content (AvgIpc) is 3.77. The molecule has 22 nitrogen and oxygen atoms in total. The maximum atomic E-state index is 13.2. The summed E-state index contributed by atoms with van der Waals surface area (Å²) in [6.07, 6.45) is -1.25. The molecule has 6 atom stereocenters. The molecule has 0 fully saturated rings. The summed E-state index contributed by atoms with van der Waals surface area (Å²) in [5, 5.41) is 34.4. The van der Waals surface area contributed by atoms with Crippen molar-refractivity contribution < 1.29 is 52.5 Å². The molecule has 4 aromatic rings. The smallest absolute Gasteiger partial charge is 0.505 e. The number of hydrogen-bond acceptors (Lipinski definition) is 17. The van der Waals surface area contributed by atoms with Gasteiger partial charge in [0.05, 0.1) is 12.3 Å². The van der Waals surface area contributed by atoms with Crippen molar-refractivity contribution in [3.05, 3.63) is 40.9 Å². The van der Waals surface area contributed by atoms with Crippen molar-refractivity contribution in [2.75, 3.05) is 31.3 Å². The summed E-state index contributed by atoms with van der Waals surface area (Å²) < 4.78 is 48.2. The first-order valence-electron chi connectivity index (χ1n) is 13.1. The number of allylic oxidation sites excluding steroid dienone is 1. The molecule has 6 rings (SSSR count). The molecule has 4 aromatic heterocycles. The van der Waals surface area contributed by atoms with Gasteiger partial charge in [-0.1, -0.05) is 0 Å². The Balaban J connectivity index is 1.27. The molecule has 0 amide bonds. The summed E-state index contributed by atoms with van der Waals surface area (Å²) in [7, 11) is -6.87. The number of hydrogen-bond donors (Lipinski definition) is 8. The van der Waals surface area contributed by atoms with E-state index in [9.17, 15) is 39.0 Å². The van der Waals surface area contributed by atoms with Crippen molar-refractivity contribution in [1.82, 2.24) is 39.0 Å². The number of aliphatic hydroxyl groups excluding tert-OH is 3. The number of rotatable bonds is 11. The Hall–Kier alpha value is -4.53.